The molecule has 2 aromatic carbocycles. The lowest BCUT2D eigenvalue weighted by Crippen LogP contribution is -2.18. The van der Waals surface area contributed by atoms with Gasteiger partial charge >= 0.3 is 0 Å². The highest BCUT2D eigenvalue weighted by Gasteiger charge is 2.49. The van der Waals surface area contributed by atoms with Crippen LogP contribution in [-0.4, -0.2) is 35.3 Å². The second kappa shape index (κ2) is 5.97. The van der Waals surface area contributed by atoms with Gasteiger partial charge < -0.3 is 5.11 Å². The highest BCUT2D eigenvalue weighted by Crippen LogP contribution is 2.36. The Balaban J connectivity index is 1.76. The van der Waals surface area contributed by atoms with Crippen molar-refractivity contribution in [2.45, 2.75) is 24.0 Å². The van der Waals surface area contributed by atoms with Gasteiger partial charge in [0.2, 0.25) is 10.0 Å². The van der Waals surface area contributed by atoms with E-state index in [4.69, 9.17) is 0 Å². The zero-order chi connectivity index (χ0) is 17.5. The number of aliphatic hydroxyl groups is 1. The highest BCUT2D eigenvalue weighted by atomic mass is 32.2. The summed E-state index contributed by atoms with van der Waals surface area (Å²) < 4.78 is 26.3. The minimum Gasteiger partial charge on any atom is -0.387 e. The number of sulfonamides is 1. The van der Waals surface area contributed by atoms with Crippen LogP contribution in [0.15, 0.2) is 53.4 Å². The van der Waals surface area contributed by atoms with Crippen LogP contribution in [0, 0.1) is 17.0 Å². The summed E-state index contributed by atoms with van der Waals surface area (Å²) in [5, 5.41) is 21.0. The zero-order valence-corrected chi connectivity index (χ0v) is 13.7. The van der Waals surface area contributed by atoms with Crippen molar-refractivity contribution in [3.63, 3.8) is 0 Å². The van der Waals surface area contributed by atoms with Gasteiger partial charge in [0.1, 0.15) is 0 Å². The van der Waals surface area contributed by atoms with Crippen molar-refractivity contribution < 1.29 is 18.4 Å². The quantitative estimate of drug-likeness (QED) is 0.506. The minimum absolute atomic E-state index is 0.0779. The smallest absolute Gasteiger partial charge is 0.269 e. The molecule has 126 valence electrons. The summed E-state index contributed by atoms with van der Waals surface area (Å²) in [5.41, 5.74) is 1.33. The van der Waals surface area contributed by atoms with E-state index >= 15 is 0 Å². The molecular formula is C16H16N2O5S. The molecule has 1 aliphatic rings. The average Bonchev–Trinajstić information content (AvgIpc) is 3.36. The Labute approximate surface area is 139 Å². The predicted molar refractivity (Wildman–Crippen MR) is 86.9 cm³/mol. The van der Waals surface area contributed by atoms with Gasteiger partial charge in [-0.15, -0.1) is 0 Å². The van der Waals surface area contributed by atoms with Crippen molar-refractivity contribution in [3.8, 4) is 0 Å². The molecule has 3 atom stereocenters. The van der Waals surface area contributed by atoms with Gasteiger partial charge in [0.25, 0.3) is 5.69 Å². The molecule has 7 nitrogen and oxygen atoms in total. The van der Waals surface area contributed by atoms with Crippen molar-refractivity contribution in [2.75, 3.05) is 6.54 Å². The Morgan fingerprint density at radius 1 is 1.17 bits per heavy atom. The molecule has 0 bridgehead atoms. The van der Waals surface area contributed by atoms with E-state index in [1.54, 1.807) is 12.1 Å². The third-order valence-electron chi connectivity index (χ3n) is 4.04. The molecule has 1 N–H and O–H groups in total. The number of rotatable bonds is 5. The lowest BCUT2D eigenvalue weighted by Gasteiger charge is -2.12. The maximum absolute atomic E-state index is 12.5. The molecule has 0 saturated carbocycles. The van der Waals surface area contributed by atoms with Crippen LogP contribution in [0.5, 0.6) is 0 Å². The van der Waals surface area contributed by atoms with Crippen LogP contribution in [-0.2, 0) is 10.0 Å². The summed E-state index contributed by atoms with van der Waals surface area (Å²) in [4.78, 5) is 10.3. The summed E-state index contributed by atoms with van der Waals surface area (Å²) in [5.74, 6) is 0. The van der Waals surface area contributed by atoms with Crippen LogP contribution in [0.4, 0.5) is 5.69 Å². The predicted octanol–water partition coefficient (Wildman–Crippen LogP) is 2.01. The van der Waals surface area contributed by atoms with Crippen molar-refractivity contribution in [3.05, 3.63) is 69.8 Å². The molecule has 1 saturated heterocycles. The van der Waals surface area contributed by atoms with Gasteiger partial charge in [0, 0.05) is 18.7 Å². The normalized spacial score (nSPS) is 21.2. The maximum Gasteiger partial charge on any atom is 0.269 e. The highest BCUT2D eigenvalue weighted by molar-refractivity contribution is 7.89. The summed E-state index contributed by atoms with van der Waals surface area (Å²) >= 11 is 0. The number of nitrogens with zero attached hydrogens (tertiary/aromatic N) is 2. The SMILES string of the molecule is Cc1ccc(S(=O)(=O)N2CC2C(O)c2ccc([N+](=O)[O-])cc2)cc1. The molecule has 3 rings (SSSR count). The van der Waals surface area contributed by atoms with Crippen LogP contribution >= 0.6 is 0 Å². The van der Waals surface area contributed by atoms with Crippen LogP contribution in [0.1, 0.15) is 17.2 Å². The lowest BCUT2D eigenvalue weighted by atomic mass is 10.1. The van der Waals surface area contributed by atoms with Gasteiger partial charge in [-0.25, -0.2) is 8.42 Å². The molecule has 1 heterocycles. The molecule has 0 amide bonds. The number of hydrogen-bond acceptors (Lipinski definition) is 5. The van der Waals surface area contributed by atoms with Crippen molar-refractivity contribution in [2.24, 2.45) is 0 Å². The summed E-state index contributed by atoms with van der Waals surface area (Å²) in [6.07, 6.45) is -1.02. The molecule has 0 aliphatic carbocycles. The third-order valence-corrected chi connectivity index (χ3v) is 5.95. The molecule has 3 unspecified atom stereocenters. The Morgan fingerprint density at radius 2 is 1.75 bits per heavy atom. The fourth-order valence-corrected chi connectivity index (χ4v) is 4.10. The summed E-state index contributed by atoms with van der Waals surface area (Å²) in [7, 11) is -3.64. The first-order valence-electron chi connectivity index (χ1n) is 7.31. The molecule has 24 heavy (non-hydrogen) atoms. The van der Waals surface area contributed by atoms with Gasteiger partial charge in [-0.2, -0.15) is 4.31 Å². The Bertz CT molecular complexity index is 862. The van der Waals surface area contributed by atoms with Gasteiger partial charge in [-0.3, -0.25) is 10.1 Å². The monoisotopic (exact) mass is 348 g/mol. The standard InChI is InChI=1S/C16H16N2O5S/c1-11-2-8-14(9-3-11)24(22,23)17-10-15(17)16(19)12-4-6-13(7-5-12)18(20)21/h2-9,15-16,19H,10H2,1H3. The molecule has 0 radical (unpaired) electrons. The summed E-state index contributed by atoms with van der Waals surface area (Å²) in [6.45, 7) is 2.09. The number of aliphatic hydroxyl groups excluding tert-OH is 1. The van der Waals surface area contributed by atoms with Gasteiger partial charge in [-0.05, 0) is 36.8 Å². The second-order valence-electron chi connectivity index (χ2n) is 5.75. The van der Waals surface area contributed by atoms with E-state index in [-0.39, 0.29) is 17.1 Å². The first-order chi connectivity index (χ1) is 11.3. The number of non-ortho nitro benzene ring substituents is 1. The second-order valence-corrected chi connectivity index (χ2v) is 7.64. The number of hydrogen-bond donors (Lipinski definition) is 1. The largest absolute Gasteiger partial charge is 0.387 e. The first kappa shape index (κ1) is 16.6. The molecule has 1 fully saturated rings. The molecule has 1 aliphatic heterocycles. The van der Waals surface area contributed by atoms with Crippen molar-refractivity contribution >= 4 is 15.7 Å². The first-order valence-corrected chi connectivity index (χ1v) is 8.75. The van der Waals surface area contributed by atoms with Crippen LogP contribution < -0.4 is 0 Å². The number of nitro benzene ring substituents is 1. The molecule has 8 heteroatoms. The van der Waals surface area contributed by atoms with Crippen LogP contribution in [0.25, 0.3) is 0 Å². The summed E-state index contributed by atoms with van der Waals surface area (Å²) in [6, 6.07) is 11.4. The van der Waals surface area contributed by atoms with E-state index < -0.39 is 27.1 Å². The fourth-order valence-electron chi connectivity index (χ4n) is 2.53. The molecule has 2 aromatic rings. The fraction of sp³-hybridized carbons (Fsp3) is 0.250. The Hall–Kier alpha value is -2.29. The minimum atomic E-state index is -3.64. The Morgan fingerprint density at radius 3 is 2.29 bits per heavy atom. The topological polar surface area (TPSA) is 101 Å². The lowest BCUT2D eigenvalue weighted by molar-refractivity contribution is -0.384. The maximum atomic E-state index is 12.5. The van der Waals surface area contributed by atoms with E-state index in [9.17, 15) is 23.6 Å². The van der Waals surface area contributed by atoms with Crippen molar-refractivity contribution in [1.82, 2.24) is 4.31 Å². The van der Waals surface area contributed by atoms with Gasteiger partial charge in [0.05, 0.1) is 22.0 Å². The molecular weight excluding hydrogens is 332 g/mol. The number of nitro groups is 1. The van der Waals surface area contributed by atoms with Gasteiger partial charge in [0.15, 0.2) is 0 Å². The van der Waals surface area contributed by atoms with Gasteiger partial charge in [-0.1, -0.05) is 17.7 Å². The number of benzene rings is 2. The van der Waals surface area contributed by atoms with Crippen LogP contribution in [0.2, 0.25) is 0 Å². The van der Waals surface area contributed by atoms with Crippen molar-refractivity contribution in [1.29, 1.82) is 0 Å². The van der Waals surface area contributed by atoms with E-state index in [1.165, 1.54) is 40.7 Å². The van der Waals surface area contributed by atoms with E-state index in [2.05, 4.69) is 0 Å². The molecule has 0 aromatic heterocycles. The average molecular weight is 348 g/mol. The van der Waals surface area contributed by atoms with E-state index in [0.717, 1.165) is 5.56 Å². The molecule has 0 spiro atoms. The third kappa shape index (κ3) is 3.03. The van der Waals surface area contributed by atoms with E-state index in [0.29, 0.717) is 5.56 Å². The van der Waals surface area contributed by atoms with E-state index in [1.807, 2.05) is 6.92 Å². The zero-order valence-electron chi connectivity index (χ0n) is 12.9. The van der Waals surface area contributed by atoms with Crippen LogP contribution in [0.3, 0.4) is 0 Å². The Kier molecular flexibility index (Phi) is 4.12. The number of aryl methyl sites for hydroxylation is 1.